The average Bonchev–Trinajstić information content (AvgIpc) is 3.40. The summed E-state index contributed by atoms with van der Waals surface area (Å²) in [6, 6.07) is 13.1. The lowest BCUT2D eigenvalue weighted by molar-refractivity contribution is -0.0328. The SMILES string of the molecule is O=S(=O)(Nc1cc(CN2CCN(c3ccc(SC(F)(F)F)cc3)C2)ccn1)c1cccs1. The summed E-state index contributed by atoms with van der Waals surface area (Å²) < 4.78 is 65.0. The quantitative estimate of drug-likeness (QED) is 0.469. The molecule has 3 aromatic rings. The highest BCUT2D eigenvalue weighted by molar-refractivity contribution is 8.00. The molecule has 1 aliphatic heterocycles. The van der Waals surface area contributed by atoms with E-state index < -0.39 is 15.5 Å². The molecule has 1 aromatic carbocycles. The molecule has 0 unspecified atom stereocenters. The van der Waals surface area contributed by atoms with Crippen LogP contribution >= 0.6 is 23.1 Å². The number of hydrogen-bond donors (Lipinski definition) is 1. The highest BCUT2D eigenvalue weighted by Gasteiger charge is 2.29. The number of anilines is 2. The van der Waals surface area contributed by atoms with Crippen molar-refractivity contribution < 1.29 is 21.6 Å². The van der Waals surface area contributed by atoms with E-state index in [0.29, 0.717) is 13.2 Å². The zero-order chi connectivity index (χ0) is 22.8. The fraction of sp³-hybridized carbons (Fsp3) is 0.250. The summed E-state index contributed by atoms with van der Waals surface area (Å²) in [7, 11) is -3.66. The molecular weight excluding hydrogens is 481 g/mol. The second-order valence-corrected chi connectivity index (χ2v) is 11.1. The monoisotopic (exact) mass is 500 g/mol. The molecule has 0 amide bonds. The van der Waals surface area contributed by atoms with Crippen molar-refractivity contribution in [1.82, 2.24) is 9.88 Å². The van der Waals surface area contributed by atoms with E-state index in [-0.39, 0.29) is 26.7 Å². The van der Waals surface area contributed by atoms with Gasteiger partial charge in [-0.1, -0.05) is 6.07 Å². The van der Waals surface area contributed by atoms with E-state index in [9.17, 15) is 21.6 Å². The molecule has 0 spiro atoms. The molecule has 0 bridgehead atoms. The van der Waals surface area contributed by atoms with Crippen LogP contribution in [0.1, 0.15) is 5.56 Å². The van der Waals surface area contributed by atoms with E-state index in [4.69, 9.17) is 0 Å². The highest BCUT2D eigenvalue weighted by atomic mass is 32.2. The molecule has 0 radical (unpaired) electrons. The summed E-state index contributed by atoms with van der Waals surface area (Å²) in [6.07, 6.45) is 1.56. The molecule has 1 N–H and O–H groups in total. The van der Waals surface area contributed by atoms with E-state index in [1.807, 2.05) is 6.07 Å². The van der Waals surface area contributed by atoms with Gasteiger partial charge >= 0.3 is 5.51 Å². The topological polar surface area (TPSA) is 65.5 Å². The Hall–Kier alpha value is -2.28. The van der Waals surface area contributed by atoms with Gasteiger partial charge in [0, 0.05) is 36.4 Å². The van der Waals surface area contributed by atoms with E-state index in [1.54, 1.807) is 35.8 Å². The third-order valence-corrected chi connectivity index (χ3v) is 8.21. The molecule has 4 rings (SSSR count). The summed E-state index contributed by atoms with van der Waals surface area (Å²) in [5.41, 5.74) is -2.53. The first-order valence-corrected chi connectivity index (χ1v) is 12.7. The Bertz CT molecular complexity index is 1150. The number of sulfonamides is 1. The lowest BCUT2D eigenvalue weighted by Crippen LogP contribution is -2.25. The molecule has 3 heterocycles. The second kappa shape index (κ2) is 9.30. The third kappa shape index (κ3) is 5.94. The third-order valence-electron chi connectivity index (χ3n) is 4.72. The van der Waals surface area contributed by atoms with Gasteiger partial charge in [0.25, 0.3) is 10.0 Å². The van der Waals surface area contributed by atoms with Gasteiger partial charge in [-0.05, 0) is 65.2 Å². The summed E-state index contributed by atoms with van der Waals surface area (Å²) in [5, 5.41) is 1.69. The number of alkyl halides is 3. The zero-order valence-electron chi connectivity index (χ0n) is 16.6. The minimum absolute atomic E-state index is 0.124. The van der Waals surface area contributed by atoms with Crippen LogP contribution in [0.2, 0.25) is 0 Å². The minimum Gasteiger partial charge on any atom is -0.357 e. The number of nitrogens with zero attached hydrogens (tertiary/aromatic N) is 3. The van der Waals surface area contributed by atoms with Gasteiger partial charge in [-0.25, -0.2) is 13.4 Å². The molecule has 1 aliphatic rings. The van der Waals surface area contributed by atoms with E-state index in [0.717, 1.165) is 35.7 Å². The van der Waals surface area contributed by atoms with Crippen LogP contribution in [0.15, 0.2) is 69.2 Å². The van der Waals surface area contributed by atoms with Crippen molar-refractivity contribution in [3.05, 3.63) is 65.7 Å². The molecule has 0 atom stereocenters. The van der Waals surface area contributed by atoms with Gasteiger partial charge in [0.05, 0.1) is 6.67 Å². The van der Waals surface area contributed by atoms with Gasteiger partial charge in [-0.3, -0.25) is 9.62 Å². The highest BCUT2D eigenvalue weighted by Crippen LogP contribution is 2.37. The van der Waals surface area contributed by atoms with Crippen molar-refractivity contribution >= 4 is 44.6 Å². The number of aromatic nitrogens is 1. The van der Waals surface area contributed by atoms with Gasteiger partial charge in [0.2, 0.25) is 0 Å². The molecule has 1 saturated heterocycles. The predicted molar refractivity (Wildman–Crippen MR) is 120 cm³/mol. The van der Waals surface area contributed by atoms with Crippen molar-refractivity contribution in [1.29, 1.82) is 0 Å². The summed E-state index contributed by atoms with van der Waals surface area (Å²) in [5.74, 6) is 0.254. The smallest absolute Gasteiger partial charge is 0.357 e. The molecule has 2 aromatic heterocycles. The molecule has 1 fully saturated rings. The predicted octanol–water partition coefficient (Wildman–Crippen LogP) is 4.84. The molecule has 0 saturated carbocycles. The summed E-state index contributed by atoms with van der Waals surface area (Å²) in [4.78, 5) is 8.53. The Morgan fingerprint density at radius 1 is 1.12 bits per heavy atom. The van der Waals surface area contributed by atoms with Crippen molar-refractivity contribution in [2.75, 3.05) is 29.4 Å². The maximum absolute atomic E-state index is 12.5. The van der Waals surface area contributed by atoms with Gasteiger partial charge in [0.1, 0.15) is 10.0 Å². The van der Waals surface area contributed by atoms with Crippen LogP contribution in [0.5, 0.6) is 0 Å². The van der Waals surface area contributed by atoms with Crippen molar-refractivity contribution in [3.8, 4) is 0 Å². The number of pyridine rings is 1. The van der Waals surface area contributed by atoms with Crippen LogP contribution in [0.3, 0.4) is 0 Å². The van der Waals surface area contributed by atoms with Crippen molar-refractivity contribution in [2.45, 2.75) is 21.2 Å². The lowest BCUT2D eigenvalue weighted by atomic mass is 10.2. The number of hydrogen-bond acceptors (Lipinski definition) is 7. The molecule has 6 nitrogen and oxygen atoms in total. The maximum atomic E-state index is 12.5. The van der Waals surface area contributed by atoms with Gasteiger partial charge in [-0.2, -0.15) is 13.2 Å². The molecule has 12 heteroatoms. The van der Waals surface area contributed by atoms with Crippen molar-refractivity contribution in [2.24, 2.45) is 0 Å². The number of halogens is 3. The van der Waals surface area contributed by atoms with Crippen LogP contribution < -0.4 is 9.62 Å². The first-order valence-electron chi connectivity index (χ1n) is 9.52. The molecule has 170 valence electrons. The molecule has 32 heavy (non-hydrogen) atoms. The Morgan fingerprint density at radius 3 is 2.59 bits per heavy atom. The Morgan fingerprint density at radius 2 is 1.91 bits per heavy atom. The second-order valence-electron chi connectivity index (χ2n) is 7.09. The number of thioether (sulfide) groups is 1. The van der Waals surface area contributed by atoms with E-state index >= 15 is 0 Å². The number of rotatable bonds is 7. The summed E-state index contributed by atoms with van der Waals surface area (Å²) in [6.45, 7) is 2.73. The Balaban J connectivity index is 1.36. The van der Waals surface area contributed by atoms with Gasteiger partial charge < -0.3 is 4.90 Å². The number of nitrogens with one attached hydrogen (secondary N) is 1. The number of benzene rings is 1. The summed E-state index contributed by atoms with van der Waals surface area (Å²) >= 11 is 1.01. The van der Waals surface area contributed by atoms with Crippen LogP contribution in [0, 0.1) is 0 Å². The Kier molecular flexibility index (Phi) is 6.65. The maximum Gasteiger partial charge on any atom is 0.446 e. The first kappa shape index (κ1) is 22.9. The zero-order valence-corrected chi connectivity index (χ0v) is 19.1. The largest absolute Gasteiger partial charge is 0.446 e. The molecule has 0 aliphatic carbocycles. The molecular formula is C20H19F3N4O2S3. The van der Waals surface area contributed by atoms with Gasteiger partial charge in [0.15, 0.2) is 0 Å². The normalized spacial score (nSPS) is 15.3. The standard InChI is InChI=1S/C20H19F3N4O2S3/c21-20(22,23)31-17-5-3-16(4-6-17)27-10-9-26(14-27)13-15-7-8-24-18(12-15)25-32(28,29)19-2-1-11-30-19/h1-8,11-12H,9-10,13-14H2,(H,24,25). The van der Waals surface area contributed by atoms with Crippen LogP contribution in [0.25, 0.3) is 0 Å². The van der Waals surface area contributed by atoms with E-state index in [1.165, 1.54) is 18.2 Å². The minimum atomic E-state index is -4.30. The van der Waals surface area contributed by atoms with Gasteiger partial charge in [-0.15, -0.1) is 11.3 Å². The average molecular weight is 501 g/mol. The van der Waals surface area contributed by atoms with Crippen LogP contribution in [-0.2, 0) is 16.6 Å². The van der Waals surface area contributed by atoms with Crippen LogP contribution in [-0.4, -0.2) is 43.6 Å². The fourth-order valence-corrected chi connectivity index (χ4v) is 5.87. The Labute approximate surface area is 192 Å². The van der Waals surface area contributed by atoms with Crippen LogP contribution in [0.4, 0.5) is 24.7 Å². The first-order chi connectivity index (χ1) is 15.2. The number of thiophene rings is 1. The lowest BCUT2D eigenvalue weighted by Gasteiger charge is -2.20. The van der Waals surface area contributed by atoms with Crippen molar-refractivity contribution in [3.63, 3.8) is 0 Å². The van der Waals surface area contributed by atoms with E-state index in [2.05, 4.69) is 19.5 Å². The fourth-order valence-electron chi connectivity index (χ4n) is 3.33.